The van der Waals surface area contributed by atoms with Gasteiger partial charge in [-0.15, -0.1) is 0 Å². The fourth-order valence-electron chi connectivity index (χ4n) is 2.42. The van der Waals surface area contributed by atoms with Crippen LogP contribution in [0.3, 0.4) is 0 Å². The molecule has 2 aromatic rings. The fourth-order valence-corrected chi connectivity index (χ4v) is 2.42. The van der Waals surface area contributed by atoms with E-state index in [0.29, 0.717) is 17.1 Å². The molecule has 2 aromatic carbocycles. The van der Waals surface area contributed by atoms with Gasteiger partial charge in [-0.3, -0.25) is 9.59 Å². The lowest BCUT2D eigenvalue weighted by Gasteiger charge is -2.20. The summed E-state index contributed by atoms with van der Waals surface area (Å²) < 4.78 is 10.9. The van der Waals surface area contributed by atoms with Crippen molar-refractivity contribution >= 4 is 11.7 Å². The Morgan fingerprint density at radius 3 is 2.32 bits per heavy atom. The second kappa shape index (κ2) is 8.33. The Morgan fingerprint density at radius 2 is 1.72 bits per heavy atom. The molecule has 0 aliphatic heterocycles. The van der Waals surface area contributed by atoms with Gasteiger partial charge in [-0.25, -0.2) is 0 Å². The van der Waals surface area contributed by atoms with E-state index in [-0.39, 0.29) is 17.7 Å². The van der Waals surface area contributed by atoms with Gasteiger partial charge in [0.25, 0.3) is 5.91 Å². The summed E-state index contributed by atoms with van der Waals surface area (Å²) >= 11 is 0. The summed E-state index contributed by atoms with van der Waals surface area (Å²) in [5.41, 5.74) is 1.42. The van der Waals surface area contributed by atoms with Crippen molar-refractivity contribution in [3.05, 3.63) is 59.7 Å². The Kier molecular flexibility index (Phi) is 6.17. The van der Waals surface area contributed by atoms with Crippen molar-refractivity contribution in [1.29, 1.82) is 0 Å². The summed E-state index contributed by atoms with van der Waals surface area (Å²) in [6, 6.07) is 14.5. The molecule has 5 heteroatoms. The van der Waals surface area contributed by atoms with E-state index < -0.39 is 6.10 Å². The van der Waals surface area contributed by atoms with Gasteiger partial charge in [0.05, 0.1) is 18.7 Å². The quantitative estimate of drug-likeness (QED) is 0.782. The topological polar surface area (TPSA) is 64.6 Å². The lowest BCUT2D eigenvalue weighted by Crippen LogP contribution is -2.38. The molecule has 2 unspecified atom stereocenters. The maximum absolute atomic E-state index is 12.4. The molecule has 0 bridgehead atoms. The Bertz CT molecular complexity index is 743. The number of carbonyl (C=O) groups excluding carboxylic acids is 2. The van der Waals surface area contributed by atoms with Crippen LogP contribution in [-0.4, -0.2) is 24.9 Å². The molecule has 0 aliphatic rings. The number of methoxy groups -OCH3 is 1. The van der Waals surface area contributed by atoms with Crippen LogP contribution in [0.4, 0.5) is 0 Å². The summed E-state index contributed by atoms with van der Waals surface area (Å²) in [7, 11) is 1.53. The highest BCUT2D eigenvalue weighted by Crippen LogP contribution is 2.26. The molecule has 1 N–H and O–H groups in total. The number of ether oxygens (including phenoxy) is 2. The molecule has 0 aliphatic carbocycles. The highest BCUT2D eigenvalue weighted by Gasteiger charge is 2.20. The maximum atomic E-state index is 12.4. The molecule has 0 spiro atoms. The van der Waals surface area contributed by atoms with Crippen LogP contribution in [0.2, 0.25) is 0 Å². The first-order valence-electron chi connectivity index (χ1n) is 8.13. The molecule has 2 rings (SSSR count). The van der Waals surface area contributed by atoms with E-state index in [2.05, 4.69) is 5.32 Å². The Morgan fingerprint density at radius 1 is 1.04 bits per heavy atom. The van der Waals surface area contributed by atoms with Crippen molar-refractivity contribution in [1.82, 2.24) is 5.32 Å². The number of carbonyl (C=O) groups is 2. The minimum absolute atomic E-state index is 0.136. The largest absolute Gasteiger partial charge is 0.497 e. The number of ketones is 1. The molecule has 0 fully saturated rings. The van der Waals surface area contributed by atoms with Crippen LogP contribution in [0.1, 0.15) is 42.7 Å². The van der Waals surface area contributed by atoms with Crippen LogP contribution in [0.5, 0.6) is 11.5 Å². The van der Waals surface area contributed by atoms with Crippen molar-refractivity contribution in [2.45, 2.75) is 32.9 Å². The summed E-state index contributed by atoms with van der Waals surface area (Å²) in [5.74, 6) is 0.503. The third-order valence-corrected chi connectivity index (χ3v) is 3.90. The molecular weight excluding hydrogens is 318 g/mol. The fraction of sp³-hybridized carbons (Fsp3) is 0.300. The van der Waals surface area contributed by atoms with Gasteiger partial charge in [-0.1, -0.05) is 30.3 Å². The highest BCUT2D eigenvalue weighted by atomic mass is 16.5. The highest BCUT2D eigenvalue weighted by molar-refractivity contribution is 5.97. The molecule has 0 saturated carbocycles. The van der Waals surface area contributed by atoms with Crippen molar-refractivity contribution in [2.75, 3.05) is 7.11 Å². The van der Waals surface area contributed by atoms with E-state index in [4.69, 9.17) is 9.47 Å². The number of hydrogen-bond donors (Lipinski definition) is 1. The first-order chi connectivity index (χ1) is 11.9. The van der Waals surface area contributed by atoms with Crippen LogP contribution in [0.15, 0.2) is 48.5 Å². The predicted molar refractivity (Wildman–Crippen MR) is 96.1 cm³/mol. The second-order valence-electron chi connectivity index (χ2n) is 5.82. The van der Waals surface area contributed by atoms with E-state index in [9.17, 15) is 9.59 Å². The van der Waals surface area contributed by atoms with Crippen molar-refractivity contribution < 1.29 is 19.1 Å². The average Bonchev–Trinajstić information content (AvgIpc) is 2.61. The first kappa shape index (κ1) is 18.5. The Balaban J connectivity index is 2.09. The van der Waals surface area contributed by atoms with Gasteiger partial charge in [0.1, 0.15) is 11.5 Å². The number of rotatable bonds is 7. The summed E-state index contributed by atoms with van der Waals surface area (Å²) in [6.07, 6.45) is -0.753. The molecule has 0 radical (unpaired) electrons. The minimum atomic E-state index is -0.753. The summed E-state index contributed by atoms with van der Waals surface area (Å²) in [5, 5.41) is 2.91. The van der Waals surface area contributed by atoms with Crippen molar-refractivity contribution in [3.8, 4) is 11.5 Å². The van der Waals surface area contributed by atoms with E-state index >= 15 is 0 Å². The molecular formula is C20H23NO4. The third-order valence-electron chi connectivity index (χ3n) is 3.90. The predicted octanol–water partition coefficient (Wildman–Crippen LogP) is 3.54. The lowest BCUT2D eigenvalue weighted by molar-refractivity contribution is -0.127. The van der Waals surface area contributed by atoms with Crippen LogP contribution in [-0.2, 0) is 4.79 Å². The van der Waals surface area contributed by atoms with Gasteiger partial charge in [0.15, 0.2) is 11.9 Å². The monoisotopic (exact) mass is 341 g/mol. The Hall–Kier alpha value is -2.82. The molecule has 5 nitrogen and oxygen atoms in total. The summed E-state index contributed by atoms with van der Waals surface area (Å²) in [6.45, 7) is 5.01. The zero-order valence-electron chi connectivity index (χ0n) is 14.9. The zero-order valence-corrected chi connectivity index (χ0v) is 14.9. The molecule has 25 heavy (non-hydrogen) atoms. The van der Waals surface area contributed by atoms with Crippen LogP contribution in [0.25, 0.3) is 0 Å². The first-order valence-corrected chi connectivity index (χ1v) is 8.13. The standard InChI is InChI=1S/C20H23NO4/c1-13(16-8-6-5-7-9-16)21-20(23)15(3)25-19-12-17(24-4)10-11-18(19)14(2)22/h5-13,15H,1-4H3,(H,21,23). The van der Waals surface area contributed by atoms with Crippen molar-refractivity contribution in [2.24, 2.45) is 0 Å². The van der Waals surface area contributed by atoms with Gasteiger partial charge in [-0.2, -0.15) is 0 Å². The van der Waals surface area contributed by atoms with E-state index in [0.717, 1.165) is 5.56 Å². The molecule has 0 heterocycles. The van der Waals surface area contributed by atoms with Crippen LogP contribution in [0, 0.1) is 0 Å². The molecule has 2 atom stereocenters. The number of amides is 1. The number of nitrogens with one attached hydrogen (secondary N) is 1. The number of hydrogen-bond acceptors (Lipinski definition) is 4. The molecule has 0 saturated heterocycles. The minimum Gasteiger partial charge on any atom is -0.497 e. The van der Waals surface area contributed by atoms with E-state index in [1.807, 2.05) is 37.3 Å². The van der Waals surface area contributed by atoms with Gasteiger partial charge in [0.2, 0.25) is 0 Å². The van der Waals surface area contributed by atoms with Crippen LogP contribution < -0.4 is 14.8 Å². The Labute approximate surface area is 148 Å². The lowest BCUT2D eigenvalue weighted by atomic mass is 10.1. The van der Waals surface area contributed by atoms with Gasteiger partial charge >= 0.3 is 0 Å². The third kappa shape index (κ3) is 4.83. The normalized spacial score (nSPS) is 12.8. The van der Waals surface area contributed by atoms with Gasteiger partial charge in [-0.05, 0) is 38.5 Å². The van der Waals surface area contributed by atoms with E-state index in [1.165, 1.54) is 14.0 Å². The van der Waals surface area contributed by atoms with E-state index in [1.54, 1.807) is 25.1 Å². The average molecular weight is 341 g/mol. The SMILES string of the molecule is COc1ccc(C(C)=O)c(OC(C)C(=O)NC(C)c2ccccc2)c1. The van der Waals surface area contributed by atoms with Crippen LogP contribution >= 0.6 is 0 Å². The zero-order chi connectivity index (χ0) is 18.4. The number of Topliss-reactive ketones (excluding diaryl/α,β-unsaturated/α-hetero) is 1. The number of benzene rings is 2. The maximum Gasteiger partial charge on any atom is 0.261 e. The molecule has 0 aromatic heterocycles. The summed E-state index contributed by atoms with van der Waals surface area (Å²) in [4.78, 5) is 24.2. The smallest absolute Gasteiger partial charge is 0.261 e. The van der Waals surface area contributed by atoms with Gasteiger partial charge in [0, 0.05) is 6.07 Å². The second-order valence-corrected chi connectivity index (χ2v) is 5.82. The molecule has 132 valence electrons. The van der Waals surface area contributed by atoms with Gasteiger partial charge < -0.3 is 14.8 Å². The van der Waals surface area contributed by atoms with Crippen molar-refractivity contribution in [3.63, 3.8) is 0 Å². The molecule has 1 amide bonds.